The van der Waals surface area contributed by atoms with Crippen molar-refractivity contribution in [1.82, 2.24) is 10.3 Å². The first-order valence-electron chi connectivity index (χ1n) is 6.64. The van der Waals surface area contributed by atoms with Crippen molar-refractivity contribution < 1.29 is 9.90 Å². The van der Waals surface area contributed by atoms with Gasteiger partial charge in [0.15, 0.2) is 0 Å². The van der Waals surface area contributed by atoms with E-state index in [1.165, 1.54) is 0 Å². The fourth-order valence-electron chi connectivity index (χ4n) is 2.40. The van der Waals surface area contributed by atoms with Gasteiger partial charge in [0.25, 0.3) is 5.91 Å². The molecule has 100 valence electrons. The molecular formula is C15H18N2O2. The maximum Gasteiger partial charge on any atom is 0.267 e. The van der Waals surface area contributed by atoms with Crippen LogP contribution in [0.25, 0.3) is 10.9 Å². The van der Waals surface area contributed by atoms with Crippen LogP contribution in [0.5, 0.6) is 0 Å². The van der Waals surface area contributed by atoms with Crippen molar-refractivity contribution in [2.24, 2.45) is 5.92 Å². The van der Waals surface area contributed by atoms with E-state index in [-0.39, 0.29) is 5.91 Å². The van der Waals surface area contributed by atoms with Crippen LogP contribution in [0.4, 0.5) is 0 Å². The van der Waals surface area contributed by atoms with E-state index in [1.807, 2.05) is 30.3 Å². The Balaban J connectivity index is 1.69. The number of rotatable bonds is 4. The standard InChI is InChI=1S/C15H18N2O2/c1-15(19,11-6-7-11)9-16-14(18)13-8-10-4-2-3-5-12(10)17-13/h2-5,8,11,17,19H,6-7,9H2,1H3,(H,16,18)/t15-/m0/s1. The number of aliphatic hydroxyl groups is 1. The number of para-hydroxylation sites is 1. The molecule has 0 radical (unpaired) electrons. The quantitative estimate of drug-likeness (QED) is 0.786. The second-order valence-electron chi connectivity index (χ2n) is 5.58. The second kappa shape index (κ2) is 4.38. The summed E-state index contributed by atoms with van der Waals surface area (Å²) in [4.78, 5) is 15.1. The summed E-state index contributed by atoms with van der Waals surface area (Å²) < 4.78 is 0. The first kappa shape index (κ1) is 12.2. The van der Waals surface area contributed by atoms with Crippen molar-refractivity contribution in [3.8, 4) is 0 Å². The summed E-state index contributed by atoms with van der Waals surface area (Å²) in [6.07, 6.45) is 2.10. The number of aromatic nitrogens is 1. The molecule has 1 amide bonds. The molecular weight excluding hydrogens is 240 g/mol. The van der Waals surface area contributed by atoms with Gasteiger partial charge < -0.3 is 15.4 Å². The number of fused-ring (bicyclic) bond motifs is 1. The van der Waals surface area contributed by atoms with Crippen molar-refractivity contribution in [2.45, 2.75) is 25.4 Å². The summed E-state index contributed by atoms with van der Waals surface area (Å²) >= 11 is 0. The molecule has 1 atom stereocenters. The van der Waals surface area contributed by atoms with E-state index in [9.17, 15) is 9.90 Å². The van der Waals surface area contributed by atoms with Crippen LogP contribution < -0.4 is 5.32 Å². The van der Waals surface area contributed by atoms with Crippen molar-refractivity contribution in [2.75, 3.05) is 6.54 Å². The van der Waals surface area contributed by atoms with Crippen LogP contribution in [0.2, 0.25) is 0 Å². The van der Waals surface area contributed by atoms with E-state index >= 15 is 0 Å². The first-order chi connectivity index (χ1) is 9.06. The Morgan fingerprint density at radius 1 is 1.47 bits per heavy atom. The predicted octanol–water partition coefficient (Wildman–Crippen LogP) is 2.06. The highest BCUT2D eigenvalue weighted by atomic mass is 16.3. The lowest BCUT2D eigenvalue weighted by atomic mass is 10.0. The van der Waals surface area contributed by atoms with Gasteiger partial charge in [0.05, 0.1) is 5.60 Å². The molecule has 0 spiro atoms. The smallest absolute Gasteiger partial charge is 0.267 e. The molecule has 0 aliphatic heterocycles. The van der Waals surface area contributed by atoms with E-state index in [0.717, 1.165) is 23.7 Å². The highest BCUT2D eigenvalue weighted by Gasteiger charge is 2.40. The molecule has 3 rings (SSSR count). The van der Waals surface area contributed by atoms with Gasteiger partial charge in [-0.25, -0.2) is 0 Å². The molecule has 1 fully saturated rings. The molecule has 19 heavy (non-hydrogen) atoms. The molecule has 3 N–H and O–H groups in total. The summed E-state index contributed by atoms with van der Waals surface area (Å²) in [6.45, 7) is 2.09. The average molecular weight is 258 g/mol. The first-order valence-corrected chi connectivity index (χ1v) is 6.64. The lowest BCUT2D eigenvalue weighted by Crippen LogP contribution is -2.42. The fourth-order valence-corrected chi connectivity index (χ4v) is 2.40. The molecule has 1 saturated carbocycles. The lowest BCUT2D eigenvalue weighted by Gasteiger charge is -2.22. The van der Waals surface area contributed by atoms with E-state index in [4.69, 9.17) is 0 Å². The van der Waals surface area contributed by atoms with Gasteiger partial charge in [-0.3, -0.25) is 4.79 Å². The second-order valence-corrected chi connectivity index (χ2v) is 5.58. The number of amides is 1. The van der Waals surface area contributed by atoms with Crippen LogP contribution in [0.15, 0.2) is 30.3 Å². The van der Waals surface area contributed by atoms with Crippen LogP contribution in [0.1, 0.15) is 30.3 Å². The van der Waals surface area contributed by atoms with E-state index in [2.05, 4.69) is 10.3 Å². The number of hydrogen-bond donors (Lipinski definition) is 3. The van der Waals surface area contributed by atoms with Gasteiger partial charge in [0.2, 0.25) is 0 Å². The van der Waals surface area contributed by atoms with Crippen LogP contribution in [0.3, 0.4) is 0 Å². The molecule has 1 aliphatic rings. The largest absolute Gasteiger partial charge is 0.388 e. The monoisotopic (exact) mass is 258 g/mol. The average Bonchev–Trinajstić information content (AvgIpc) is 3.16. The number of aromatic amines is 1. The zero-order chi connectivity index (χ0) is 13.5. The topological polar surface area (TPSA) is 65.1 Å². The molecule has 4 nitrogen and oxygen atoms in total. The van der Waals surface area contributed by atoms with Gasteiger partial charge in [0.1, 0.15) is 5.69 Å². The molecule has 0 bridgehead atoms. The van der Waals surface area contributed by atoms with Gasteiger partial charge in [-0.1, -0.05) is 18.2 Å². The highest BCUT2D eigenvalue weighted by Crippen LogP contribution is 2.39. The number of H-pyrrole nitrogens is 1. The van der Waals surface area contributed by atoms with Crippen LogP contribution in [-0.2, 0) is 0 Å². The summed E-state index contributed by atoms with van der Waals surface area (Å²) in [6, 6.07) is 9.60. The van der Waals surface area contributed by atoms with E-state index < -0.39 is 5.60 Å². The van der Waals surface area contributed by atoms with Gasteiger partial charge in [-0.2, -0.15) is 0 Å². The SMILES string of the molecule is C[C@](O)(CNC(=O)c1cc2ccccc2[nH]1)C1CC1. The van der Waals surface area contributed by atoms with Crippen molar-refractivity contribution >= 4 is 16.8 Å². The normalized spacial score (nSPS) is 18.2. The summed E-state index contributed by atoms with van der Waals surface area (Å²) in [5, 5.41) is 14.0. The fraction of sp³-hybridized carbons (Fsp3) is 0.400. The molecule has 1 aromatic carbocycles. The molecule has 4 heteroatoms. The molecule has 1 aliphatic carbocycles. The number of carbonyl (C=O) groups is 1. The van der Waals surface area contributed by atoms with Crippen LogP contribution >= 0.6 is 0 Å². The summed E-state index contributed by atoms with van der Waals surface area (Å²) in [5.41, 5.74) is 0.691. The Bertz CT molecular complexity index is 578. The Morgan fingerprint density at radius 2 is 2.21 bits per heavy atom. The molecule has 1 heterocycles. The Kier molecular flexibility index (Phi) is 2.82. The Hall–Kier alpha value is -1.81. The summed E-state index contributed by atoms with van der Waals surface area (Å²) in [7, 11) is 0. The molecule has 0 unspecified atom stereocenters. The zero-order valence-corrected chi connectivity index (χ0v) is 10.9. The van der Waals surface area contributed by atoms with Crippen molar-refractivity contribution in [3.63, 3.8) is 0 Å². The van der Waals surface area contributed by atoms with Crippen molar-refractivity contribution in [3.05, 3.63) is 36.0 Å². The maximum absolute atomic E-state index is 12.1. The Labute approximate surface area is 111 Å². The number of benzene rings is 1. The van der Waals surface area contributed by atoms with Crippen LogP contribution in [0, 0.1) is 5.92 Å². The number of carbonyl (C=O) groups excluding carboxylic acids is 1. The molecule has 1 aromatic heterocycles. The molecule has 2 aromatic rings. The van der Waals surface area contributed by atoms with Gasteiger partial charge >= 0.3 is 0 Å². The number of hydrogen-bond acceptors (Lipinski definition) is 2. The van der Waals surface area contributed by atoms with Crippen LogP contribution in [-0.4, -0.2) is 28.1 Å². The van der Waals surface area contributed by atoms with Gasteiger partial charge in [-0.15, -0.1) is 0 Å². The third kappa shape index (κ3) is 2.49. The minimum absolute atomic E-state index is 0.169. The van der Waals surface area contributed by atoms with E-state index in [1.54, 1.807) is 6.92 Å². The zero-order valence-electron chi connectivity index (χ0n) is 10.9. The number of nitrogens with one attached hydrogen (secondary N) is 2. The Morgan fingerprint density at radius 3 is 2.89 bits per heavy atom. The lowest BCUT2D eigenvalue weighted by molar-refractivity contribution is 0.0353. The molecule has 0 saturated heterocycles. The highest BCUT2D eigenvalue weighted by molar-refractivity contribution is 5.97. The third-order valence-corrected chi connectivity index (χ3v) is 3.84. The van der Waals surface area contributed by atoms with E-state index in [0.29, 0.717) is 18.2 Å². The van der Waals surface area contributed by atoms with Gasteiger partial charge in [0, 0.05) is 17.4 Å². The maximum atomic E-state index is 12.1. The minimum Gasteiger partial charge on any atom is -0.388 e. The van der Waals surface area contributed by atoms with Crippen molar-refractivity contribution in [1.29, 1.82) is 0 Å². The predicted molar refractivity (Wildman–Crippen MR) is 74.0 cm³/mol. The van der Waals surface area contributed by atoms with Gasteiger partial charge in [-0.05, 0) is 37.8 Å². The summed E-state index contributed by atoms with van der Waals surface area (Å²) in [5.74, 6) is 0.160. The third-order valence-electron chi connectivity index (χ3n) is 3.84. The minimum atomic E-state index is -0.790.